The Balaban J connectivity index is 1.72. The molecule has 0 fully saturated rings. The van der Waals surface area contributed by atoms with E-state index in [4.69, 9.17) is 15.2 Å². The molecule has 2 aromatic carbocycles. The van der Waals surface area contributed by atoms with Crippen LogP contribution in [0, 0.1) is 0 Å². The lowest BCUT2D eigenvalue weighted by atomic mass is 10.1. The predicted octanol–water partition coefficient (Wildman–Crippen LogP) is 4.33. The second-order valence-electron chi connectivity index (χ2n) is 6.02. The predicted molar refractivity (Wildman–Crippen MR) is 104 cm³/mol. The number of benzene rings is 2. The molecule has 150 valence electrons. The van der Waals surface area contributed by atoms with Gasteiger partial charge in [-0.2, -0.15) is 13.2 Å². The molecule has 2 N–H and O–H groups in total. The minimum absolute atomic E-state index is 0.374. The molecule has 4 nitrogen and oxygen atoms in total. The monoisotopic (exact) mass is 392 g/mol. The van der Waals surface area contributed by atoms with E-state index in [9.17, 15) is 13.2 Å². The van der Waals surface area contributed by atoms with Gasteiger partial charge in [-0.1, -0.05) is 24.3 Å². The van der Waals surface area contributed by atoms with Crippen molar-refractivity contribution in [1.82, 2.24) is 0 Å². The number of nitrogens with zero attached hydrogens (tertiary/aromatic N) is 1. The van der Waals surface area contributed by atoms with Gasteiger partial charge in [0.05, 0.1) is 13.7 Å². The molecule has 28 heavy (non-hydrogen) atoms. The maximum absolute atomic E-state index is 12.2. The number of rotatable bonds is 9. The van der Waals surface area contributed by atoms with Crippen LogP contribution in [0.3, 0.4) is 0 Å². The standard InChI is InChI=1S/C21H23F3N2O2/c1-27-18-6-2-17(3-7-18)12-15-28-19-8-4-16(5-9-19)10-13-26-14-11-20(25)21(22,23)24/h2-9,11,14H,10,12-13,15,25H2,1H3/b20-11-,26-14?. The van der Waals surface area contributed by atoms with Gasteiger partial charge in [0, 0.05) is 19.2 Å². The summed E-state index contributed by atoms with van der Waals surface area (Å²) >= 11 is 0. The second kappa shape index (κ2) is 10.4. The van der Waals surface area contributed by atoms with Crippen LogP contribution in [0.25, 0.3) is 0 Å². The van der Waals surface area contributed by atoms with E-state index in [1.54, 1.807) is 7.11 Å². The highest BCUT2D eigenvalue weighted by atomic mass is 19.4. The van der Waals surface area contributed by atoms with E-state index < -0.39 is 11.9 Å². The molecular weight excluding hydrogens is 369 g/mol. The van der Waals surface area contributed by atoms with Gasteiger partial charge in [0.2, 0.25) is 0 Å². The highest BCUT2D eigenvalue weighted by Crippen LogP contribution is 2.20. The zero-order valence-electron chi connectivity index (χ0n) is 15.6. The summed E-state index contributed by atoms with van der Waals surface area (Å²) in [4.78, 5) is 3.92. The van der Waals surface area contributed by atoms with Crippen LogP contribution in [0.2, 0.25) is 0 Å². The Bertz CT molecular complexity index is 783. The van der Waals surface area contributed by atoms with Crippen LogP contribution >= 0.6 is 0 Å². The number of halogens is 3. The summed E-state index contributed by atoms with van der Waals surface area (Å²) in [5.41, 5.74) is 5.90. The Morgan fingerprint density at radius 2 is 1.54 bits per heavy atom. The van der Waals surface area contributed by atoms with Crippen LogP contribution in [-0.2, 0) is 12.8 Å². The molecule has 0 atom stereocenters. The summed E-state index contributed by atoms with van der Waals surface area (Å²) in [6, 6.07) is 15.4. The number of ether oxygens (including phenoxy) is 2. The fraction of sp³-hybridized carbons (Fsp3) is 0.286. The molecule has 0 aliphatic heterocycles. The number of alkyl halides is 3. The van der Waals surface area contributed by atoms with E-state index in [1.165, 1.54) is 0 Å². The molecule has 0 radical (unpaired) electrons. The summed E-state index contributed by atoms with van der Waals surface area (Å²) in [7, 11) is 1.63. The first-order valence-electron chi connectivity index (χ1n) is 8.76. The largest absolute Gasteiger partial charge is 0.497 e. The smallest absolute Gasteiger partial charge is 0.430 e. The molecule has 0 saturated carbocycles. The first-order valence-corrected chi connectivity index (χ1v) is 8.76. The van der Waals surface area contributed by atoms with Gasteiger partial charge >= 0.3 is 6.18 Å². The number of allylic oxidation sites excluding steroid dienone is 2. The van der Waals surface area contributed by atoms with Crippen molar-refractivity contribution in [1.29, 1.82) is 0 Å². The molecule has 2 aromatic rings. The maximum Gasteiger partial charge on any atom is 0.430 e. The van der Waals surface area contributed by atoms with Gasteiger partial charge in [0.1, 0.15) is 17.2 Å². The van der Waals surface area contributed by atoms with Gasteiger partial charge in [-0.3, -0.25) is 4.99 Å². The lowest BCUT2D eigenvalue weighted by Crippen LogP contribution is -2.19. The minimum atomic E-state index is -4.52. The highest BCUT2D eigenvalue weighted by molar-refractivity contribution is 5.72. The molecule has 0 aliphatic rings. The Kier molecular flexibility index (Phi) is 7.92. The van der Waals surface area contributed by atoms with Crippen molar-refractivity contribution in [3.63, 3.8) is 0 Å². The van der Waals surface area contributed by atoms with Crippen LogP contribution in [0.1, 0.15) is 11.1 Å². The van der Waals surface area contributed by atoms with Crippen LogP contribution in [-0.4, -0.2) is 32.7 Å². The van der Waals surface area contributed by atoms with E-state index in [0.717, 1.165) is 41.3 Å². The van der Waals surface area contributed by atoms with Crippen molar-refractivity contribution < 1.29 is 22.6 Å². The van der Waals surface area contributed by atoms with E-state index >= 15 is 0 Å². The average Bonchev–Trinajstić information content (AvgIpc) is 2.68. The van der Waals surface area contributed by atoms with Crippen LogP contribution < -0.4 is 15.2 Å². The first kappa shape index (κ1) is 21.3. The quantitative estimate of drug-likeness (QED) is 0.646. The third-order valence-electron chi connectivity index (χ3n) is 3.96. The molecule has 0 saturated heterocycles. The van der Waals surface area contributed by atoms with Crippen LogP contribution in [0.4, 0.5) is 13.2 Å². The van der Waals surface area contributed by atoms with Crippen molar-refractivity contribution in [2.24, 2.45) is 10.7 Å². The van der Waals surface area contributed by atoms with Gasteiger partial charge in [0.25, 0.3) is 0 Å². The molecule has 0 heterocycles. The van der Waals surface area contributed by atoms with Crippen molar-refractivity contribution in [3.8, 4) is 11.5 Å². The summed E-state index contributed by atoms with van der Waals surface area (Å²) < 4.78 is 47.5. The Labute approximate surface area is 162 Å². The van der Waals surface area contributed by atoms with Gasteiger partial charge in [-0.25, -0.2) is 0 Å². The minimum Gasteiger partial charge on any atom is -0.497 e. The number of nitrogens with two attached hydrogens (primary N) is 1. The Hall–Kier alpha value is -2.96. The van der Waals surface area contributed by atoms with Gasteiger partial charge in [-0.05, 0) is 47.9 Å². The summed E-state index contributed by atoms with van der Waals surface area (Å²) in [6.45, 7) is 0.933. The lowest BCUT2D eigenvalue weighted by Gasteiger charge is -2.08. The lowest BCUT2D eigenvalue weighted by molar-refractivity contribution is -0.0925. The first-order chi connectivity index (χ1) is 13.4. The third kappa shape index (κ3) is 7.34. The van der Waals surface area contributed by atoms with E-state index in [-0.39, 0.29) is 0 Å². The molecule has 7 heteroatoms. The van der Waals surface area contributed by atoms with Crippen molar-refractivity contribution >= 4 is 6.21 Å². The zero-order valence-corrected chi connectivity index (χ0v) is 15.6. The Morgan fingerprint density at radius 3 is 2.11 bits per heavy atom. The normalized spacial score (nSPS) is 12.4. The molecule has 2 rings (SSSR count). The SMILES string of the molecule is COc1ccc(CCOc2ccc(CCN=C/C=C(\N)C(F)(F)F)cc2)cc1. The summed E-state index contributed by atoms with van der Waals surface area (Å²) in [5, 5.41) is 0. The number of aliphatic imine (C=N–C) groups is 1. The van der Waals surface area contributed by atoms with Gasteiger partial charge < -0.3 is 15.2 Å². The van der Waals surface area contributed by atoms with Gasteiger partial charge in [-0.15, -0.1) is 0 Å². The molecular formula is C21H23F3N2O2. The van der Waals surface area contributed by atoms with Crippen LogP contribution in [0.15, 0.2) is 65.3 Å². The topological polar surface area (TPSA) is 56.8 Å². The average molecular weight is 392 g/mol. The van der Waals surface area contributed by atoms with E-state index in [1.807, 2.05) is 48.5 Å². The van der Waals surface area contributed by atoms with Crippen molar-refractivity contribution in [2.45, 2.75) is 19.0 Å². The fourth-order valence-corrected chi connectivity index (χ4v) is 2.33. The number of hydrogen-bond donors (Lipinski definition) is 1. The molecule has 0 aliphatic carbocycles. The molecule has 0 amide bonds. The summed E-state index contributed by atoms with van der Waals surface area (Å²) in [6.07, 6.45) is -1.27. The number of hydrogen-bond acceptors (Lipinski definition) is 4. The summed E-state index contributed by atoms with van der Waals surface area (Å²) in [5.74, 6) is 1.59. The van der Waals surface area contributed by atoms with E-state index in [2.05, 4.69) is 4.99 Å². The molecule has 0 bridgehead atoms. The van der Waals surface area contributed by atoms with Crippen LogP contribution in [0.5, 0.6) is 11.5 Å². The highest BCUT2D eigenvalue weighted by Gasteiger charge is 2.30. The molecule has 0 spiro atoms. The number of methoxy groups -OCH3 is 1. The molecule has 0 aromatic heterocycles. The zero-order chi connectivity index (χ0) is 20.4. The molecule has 0 unspecified atom stereocenters. The second-order valence-corrected chi connectivity index (χ2v) is 6.02. The van der Waals surface area contributed by atoms with Gasteiger partial charge in [0.15, 0.2) is 0 Å². The van der Waals surface area contributed by atoms with Crippen molar-refractivity contribution in [3.05, 3.63) is 71.4 Å². The van der Waals surface area contributed by atoms with E-state index in [0.29, 0.717) is 19.6 Å². The third-order valence-corrected chi connectivity index (χ3v) is 3.96. The fourth-order valence-electron chi connectivity index (χ4n) is 2.33. The Morgan fingerprint density at radius 1 is 0.964 bits per heavy atom. The van der Waals surface area contributed by atoms with Crippen molar-refractivity contribution in [2.75, 3.05) is 20.3 Å². The maximum atomic E-state index is 12.2.